The third-order valence-corrected chi connectivity index (χ3v) is 3.29. The average Bonchev–Trinajstić information content (AvgIpc) is 2.14. The van der Waals surface area contributed by atoms with Crippen LogP contribution in [0.2, 0.25) is 0 Å². The third-order valence-electron chi connectivity index (χ3n) is 2.25. The first kappa shape index (κ1) is 12.9. The summed E-state index contributed by atoms with van der Waals surface area (Å²) in [5.74, 6) is 0.0153. The number of hydrogen-bond donors (Lipinski definition) is 1. The van der Waals surface area contributed by atoms with Crippen LogP contribution in [0.5, 0.6) is 0 Å². The first-order valence-electron chi connectivity index (χ1n) is 4.39. The van der Waals surface area contributed by atoms with Gasteiger partial charge in [0.15, 0.2) is 0 Å². The molecule has 1 unspecified atom stereocenters. The summed E-state index contributed by atoms with van der Waals surface area (Å²) in [6, 6.07) is 0. The lowest BCUT2D eigenvalue weighted by Crippen LogP contribution is -2.50. The molecule has 0 radical (unpaired) electrons. The zero-order chi connectivity index (χ0) is 10.6. The van der Waals surface area contributed by atoms with Crippen LogP contribution in [0.15, 0.2) is 0 Å². The Balaban J connectivity index is 4.42. The Hall–Kier alpha value is -0.0900. The highest BCUT2D eigenvalue weighted by molar-refractivity contribution is 9.10. The first-order valence-corrected chi connectivity index (χ1v) is 5.31. The van der Waals surface area contributed by atoms with Crippen LogP contribution in [0.3, 0.4) is 0 Å². The second kappa shape index (κ2) is 4.96. The summed E-state index contributed by atoms with van der Waals surface area (Å²) in [5, 5.41) is 9.06. The molecule has 0 saturated heterocycles. The molecular weight excluding hydrogens is 234 g/mol. The number of carbonyl (C=O) groups is 1. The van der Waals surface area contributed by atoms with E-state index in [2.05, 4.69) is 15.9 Å². The normalized spacial score (nSPS) is 14.0. The number of carbonyl (C=O) groups excluding carboxylic acids is 1. The van der Waals surface area contributed by atoms with Gasteiger partial charge in [-0.2, -0.15) is 0 Å². The molecule has 0 aromatic rings. The van der Waals surface area contributed by atoms with E-state index < -0.39 is 5.54 Å². The van der Waals surface area contributed by atoms with Crippen LogP contribution in [0, 0.1) is 0 Å². The number of rotatable bonds is 4. The molecule has 0 aromatic carbocycles. The molecular formula is C9H18BrNO2. The summed E-state index contributed by atoms with van der Waals surface area (Å²) < 4.78 is 0. The van der Waals surface area contributed by atoms with Crippen LogP contribution < -0.4 is 0 Å². The van der Waals surface area contributed by atoms with E-state index in [1.54, 1.807) is 11.9 Å². The highest BCUT2D eigenvalue weighted by Gasteiger charge is 2.29. The molecule has 0 aromatic heterocycles. The van der Waals surface area contributed by atoms with Crippen molar-refractivity contribution >= 4 is 21.8 Å². The lowest BCUT2D eigenvalue weighted by atomic mass is 10.0. The fourth-order valence-electron chi connectivity index (χ4n) is 0.789. The summed E-state index contributed by atoms with van der Waals surface area (Å²) in [4.78, 5) is 13.1. The SMILES string of the molecule is CCC(Br)C(=O)N(C)C(C)(C)CO. The minimum Gasteiger partial charge on any atom is -0.394 e. The molecule has 4 heteroatoms. The van der Waals surface area contributed by atoms with Gasteiger partial charge in [-0.05, 0) is 20.3 Å². The van der Waals surface area contributed by atoms with E-state index in [0.29, 0.717) is 0 Å². The quantitative estimate of drug-likeness (QED) is 0.768. The molecule has 0 spiro atoms. The number of hydrogen-bond acceptors (Lipinski definition) is 2. The van der Waals surface area contributed by atoms with E-state index in [1.165, 1.54) is 0 Å². The van der Waals surface area contributed by atoms with Crippen LogP contribution in [-0.4, -0.2) is 39.9 Å². The van der Waals surface area contributed by atoms with Gasteiger partial charge in [0.05, 0.1) is 17.0 Å². The molecule has 78 valence electrons. The van der Waals surface area contributed by atoms with E-state index >= 15 is 0 Å². The summed E-state index contributed by atoms with van der Waals surface area (Å²) in [6.45, 7) is 5.58. The molecule has 1 N–H and O–H groups in total. The van der Waals surface area contributed by atoms with Crippen LogP contribution in [-0.2, 0) is 4.79 Å². The Morgan fingerprint density at radius 1 is 1.62 bits per heavy atom. The molecule has 13 heavy (non-hydrogen) atoms. The Morgan fingerprint density at radius 3 is 2.38 bits per heavy atom. The maximum atomic E-state index is 11.6. The Bertz CT molecular complexity index is 182. The topological polar surface area (TPSA) is 40.5 Å². The lowest BCUT2D eigenvalue weighted by Gasteiger charge is -2.35. The van der Waals surface area contributed by atoms with Crippen molar-refractivity contribution in [2.45, 2.75) is 37.6 Å². The number of amides is 1. The van der Waals surface area contributed by atoms with Gasteiger partial charge < -0.3 is 10.0 Å². The number of likely N-dealkylation sites (N-methyl/N-ethyl adjacent to an activating group) is 1. The predicted molar refractivity (Wildman–Crippen MR) is 56.9 cm³/mol. The molecule has 0 saturated carbocycles. The number of alkyl halides is 1. The minimum atomic E-state index is -0.488. The van der Waals surface area contributed by atoms with Crippen LogP contribution >= 0.6 is 15.9 Å². The Labute approximate surface area is 88.2 Å². The molecule has 0 aliphatic carbocycles. The maximum absolute atomic E-state index is 11.6. The maximum Gasteiger partial charge on any atom is 0.236 e. The first-order chi connectivity index (χ1) is 5.86. The number of nitrogens with zero attached hydrogens (tertiary/aromatic N) is 1. The Morgan fingerprint density at radius 2 is 2.08 bits per heavy atom. The molecule has 1 amide bonds. The lowest BCUT2D eigenvalue weighted by molar-refractivity contribution is -0.135. The van der Waals surface area contributed by atoms with E-state index in [9.17, 15) is 4.79 Å². The van der Waals surface area contributed by atoms with Crippen molar-refractivity contribution in [2.75, 3.05) is 13.7 Å². The van der Waals surface area contributed by atoms with Crippen LogP contribution in [0.25, 0.3) is 0 Å². The standard InChI is InChI=1S/C9H18BrNO2/c1-5-7(10)8(13)11(4)9(2,3)6-12/h7,12H,5-6H2,1-4H3. The fourth-order valence-corrected chi connectivity index (χ4v) is 1.10. The zero-order valence-electron chi connectivity index (χ0n) is 8.67. The molecule has 0 bridgehead atoms. The fraction of sp³-hybridized carbons (Fsp3) is 0.889. The van der Waals surface area contributed by atoms with Crippen LogP contribution in [0.4, 0.5) is 0 Å². The second-order valence-corrected chi connectivity index (χ2v) is 4.85. The molecule has 3 nitrogen and oxygen atoms in total. The zero-order valence-corrected chi connectivity index (χ0v) is 10.3. The van der Waals surface area contributed by atoms with Crippen molar-refractivity contribution < 1.29 is 9.90 Å². The smallest absolute Gasteiger partial charge is 0.236 e. The summed E-state index contributed by atoms with van der Waals surface area (Å²) >= 11 is 3.29. The van der Waals surface area contributed by atoms with Gasteiger partial charge in [-0.1, -0.05) is 22.9 Å². The van der Waals surface area contributed by atoms with Crippen molar-refractivity contribution in [1.29, 1.82) is 0 Å². The molecule has 0 aliphatic rings. The van der Waals surface area contributed by atoms with Gasteiger partial charge in [0.2, 0.25) is 5.91 Å². The second-order valence-electron chi connectivity index (χ2n) is 3.74. The average molecular weight is 252 g/mol. The van der Waals surface area contributed by atoms with Crippen molar-refractivity contribution in [3.63, 3.8) is 0 Å². The summed E-state index contributed by atoms with van der Waals surface area (Å²) in [5.41, 5.74) is -0.488. The van der Waals surface area contributed by atoms with E-state index in [0.717, 1.165) is 6.42 Å². The third kappa shape index (κ3) is 3.27. The molecule has 0 fully saturated rings. The predicted octanol–water partition coefficient (Wildman–Crippen LogP) is 1.39. The van der Waals surface area contributed by atoms with Gasteiger partial charge in [0.1, 0.15) is 0 Å². The number of aliphatic hydroxyl groups is 1. The van der Waals surface area contributed by atoms with Gasteiger partial charge in [0, 0.05) is 7.05 Å². The molecule has 0 heterocycles. The van der Waals surface area contributed by atoms with Crippen molar-refractivity contribution in [3.05, 3.63) is 0 Å². The molecule has 1 atom stereocenters. The van der Waals surface area contributed by atoms with E-state index in [1.807, 2.05) is 20.8 Å². The number of aliphatic hydroxyl groups excluding tert-OH is 1. The molecule has 0 rings (SSSR count). The monoisotopic (exact) mass is 251 g/mol. The van der Waals surface area contributed by atoms with Gasteiger partial charge in [-0.15, -0.1) is 0 Å². The van der Waals surface area contributed by atoms with Gasteiger partial charge in [0.25, 0.3) is 0 Å². The van der Waals surface area contributed by atoms with Gasteiger partial charge in [-0.3, -0.25) is 4.79 Å². The summed E-state index contributed by atoms with van der Waals surface area (Å²) in [7, 11) is 1.71. The van der Waals surface area contributed by atoms with Gasteiger partial charge >= 0.3 is 0 Å². The van der Waals surface area contributed by atoms with Gasteiger partial charge in [-0.25, -0.2) is 0 Å². The number of halogens is 1. The van der Waals surface area contributed by atoms with Crippen molar-refractivity contribution in [1.82, 2.24) is 4.90 Å². The summed E-state index contributed by atoms with van der Waals surface area (Å²) in [6.07, 6.45) is 0.755. The van der Waals surface area contributed by atoms with E-state index in [4.69, 9.17) is 5.11 Å². The van der Waals surface area contributed by atoms with Crippen molar-refractivity contribution in [3.8, 4) is 0 Å². The molecule has 0 aliphatic heterocycles. The van der Waals surface area contributed by atoms with Crippen molar-refractivity contribution in [2.24, 2.45) is 0 Å². The minimum absolute atomic E-state index is 0.0153. The highest BCUT2D eigenvalue weighted by Crippen LogP contribution is 2.16. The largest absolute Gasteiger partial charge is 0.394 e. The highest BCUT2D eigenvalue weighted by atomic mass is 79.9. The van der Waals surface area contributed by atoms with Crippen LogP contribution in [0.1, 0.15) is 27.2 Å². The Kier molecular flexibility index (Phi) is 4.92. The van der Waals surface area contributed by atoms with E-state index in [-0.39, 0.29) is 17.3 Å².